The lowest BCUT2D eigenvalue weighted by atomic mass is 10.1. The van der Waals surface area contributed by atoms with Gasteiger partial charge in [-0.1, -0.05) is 6.92 Å². The highest BCUT2D eigenvalue weighted by Gasteiger charge is 2.39. The van der Waals surface area contributed by atoms with E-state index < -0.39 is 36.0 Å². The minimum Gasteiger partial charge on any atom is -0.379 e. The van der Waals surface area contributed by atoms with Gasteiger partial charge >= 0.3 is 6.18 Å². The summed E-state index contributed by atoms with van der Waals surface area (Å²) in [6.07, 6.45) is -4.89. The Morgan fingerprint density at radius 2 is 2.05 bits per heavy atom. The van der Waals surface area contributed by atoms with E-state index in [4.69, 9.17) is 4.74 Å². The van der Waals surface area contributed by atoms with Gasteiger partial charge in [0.25, 0.3) is 18.2 Å². The Bertz CT molecular complexity index is 1170. The van der Waals surface area contributed by atoms with Crippen LogP contribution in [0.3, 0.4) is 0 Å². The van der Waals surface area contributed by atoms with Crippen molar-refractivity contribution in [2.24, 2.45) is 0 Å². The maximum atomic E-state index is 14.2. The Morgan fingerprint density at radius 3 is 2.63 bits per heavy atom. The van der Waals surface area contributed by atoms with Gasteiger partial charge in [0.2, 0.25) is 0 Å². The molecule has 0 radical (unpaired) electrons. The number of carbonyl (C=O) groups excluding carboxylic acids is 2. The van der Waals surface area contributed by atoms with Gasteiger partial charge in [-0.2, -0.15) is 13.2 Å². The van der Waals surface area contributed by atoms with E-state index in [0.717, 1.165) is 36.4 Å². The zero-order valence-corrected chi connectivity index (χ0v) is 21.6. The van der Waals surface area contributed by atoms with Gasteiger partial charge in [0.1, 0.15) is 17.6 Å². The van der Waals surface area contributed by atoms with E-state index in [0.29, 0.717) is 26.2 Å². The van der Waals surface area contributed by atoms with E-state index in [2.05, 4.69) is 20.6 Å². The van der Waals surface area contributed by atoms with Crippen molar-refractivity contribution in [1.29, 1.82) is 0 Å². The molecule has 2 aromatic heterocycles. The normalized spacial score (nSPS) is 20.7. The van der Waals surface area contributed by atoms with Crippen molar-refractivity contribution in [3.8, 4) is 10.4 Å². The summed E-state index contributed by atoms with van der Waals surface area (Å²) in [5.74, 6) is -1.45. The van der Waals surface area contributed by atoms with Crippen LogP contribution in [0.2, 0.25) is 0 Å². The van der Waals surface area contributed by atoms with Crippen molar-refractivity contribution >= 4 is 29.0 Å². The number of anilines is 1. The molecule has 0 spiro atoms. The molecule has 208 valence electrons. The van der Waals surface area contributed by atoms with Crippen molar-refractivity contribution in [2.45, 2.75) is 70.3 Å². The Kier molecular flexibility index (Phi) is 8.50. The number of rotatable bonds is 8. The number of hydrogen-bond acceptors (Lipinski definition) is 7. The van der Waals surface area contributed by atoms with Crippen molar-refractivity contribution < 1.29 is 36.3 Å². The third-order valence-corrected chi connectivity index (χ3v) is 7.73. The Labute approximate surface area is 220 Å². The third-order valence-electron chi connectivity index (χ3n) is 6.64. The lowest BCUT2D eigenvalue weighted by Gasteiger charge is -2.22. The van der Waals surface area contributed by atoms with Gasteiger partial charge in [0, 0.05) is 36.5 Å². The fourth-order valence-electron chi connectivity index (χ4n) is 4.53. The first kappa shape index (κ1) is 28.1. The molecule has 14 heteroatoms. The summed E-state index contributed by atoms with van der Waals surface area (Å²) in [5, 5.41) is 4.84. The highest BCUT2D eigenvalue weighted by atomic mass is 32.1. The SMILES string of the molecule is CCC(Nc1cc(C(F)F)c(-c2sc(C(=O)NC3CCOC3)nc2C(=O)N2CCCC2C)cn1)C(F)(F)F. The summed E-state index contributed by atoms with van der Waals surface area (Å²) >= 11 is 0.767. The summed E-state index contributed by atoms with van der Waals surface area (Å²) in [5.41, 5.74) is -0.952. The first-order valence-corrected chi connectivity index (χ1v) is 13.1. The molecule has 0 bridgehead atoms. The van der Waals surface area contributed by atoms with Crippen molar-refractivity contribution in [2.75, 3.05) is 25.1 Å². The minimum atomic E-state index is -4.60. The molecule has 0 aromatic carbocycles. The van der Waals surface area contributed by atoms with E-state index in [-0.39, 0.29) is 45.5 Å². The smallest absolute Gasteiger partial charge is 0.379 e. The maximum Gasteiger partial charge on any atom is 0.408 e. The molecule has 2 fully saturated rings. The van der Waals surface area contributed by atoms with Crippen LogP contribution in [0.4, 0.5) is 27.8 Å². The number of alkyl halides is 5. The average molecular weight is 562 g/mol. The van der Waals surface area contributed by atoms with Gasteiger partial charge in [-0.15, -0.1) is 11.3 Å². The topological polar surface area (TPSA) is 96.4 Å². The molecule has 3 unspecified atom stereocenters. The molecule has 38 heavy (non-hydrogen) atoms. The fourth-order valence-corrected chi connectivity index (χ4v) is 5.52. The molecule has 2 aliphatic rings. The molecule has 2 N–H and O–H groups in total. The number of aromatic nitrogens is 2. The van der Waals surface area contributed by atoms with Gasteiger partial charge in [0.15, 0.2) is 5.01 Å². The van der Waals surface area contributed by atoms with Crippen LogP contribution in [-0.2, 0) is 4.74 Å². The summed E-state index contributed by atoms with van der Waals surface area (Å²) in [4.78, 5) is 36.1. The number of hydrogen-bond donors (Lipinski definition) is 2. The zero-order valence-electron chi connectivity index (χ0n) is 20.8. The molecule has 4 heterocycles. The van der Waals surface area contributed by atoms with Gasteiger partial charge in [-0.25, -0.2) is 18.7 Å². The number of nitrogens with zero attached hydrogens (tertiary/aromatic N) is 3. The van der Waals surface area contributed by atoms with Gasteiger partial charge in [0.05, 0.1) is 17.5 Å². The van der Waals surface area contributed by atoms with E-state index in [1.807, 2.05) is 6.92 Å². The minimum absolute atomic E-state index is 0.0131. The summed E-state index contributed by atoms with van der Waals surface area (Å²) in [6.45, 7) is 4.44. The van der Waals surface area contributed by atoms with Crippen molar-refractivity contribution in [3.05, 3.63) is 28.5 Å². The fraction of sp³-hybridized carbons (Fsp3) is 0.583. The molecule has 2 amide bonds. The molecular weight excluding hydrogens is 533 g/mol. The highest BCUT2D eigenvalue weighted by Crippen LogP contribution is 2.39. The van der Waals surface area contributed by atoms with E-state index in [1.54, 1.807) is 4.90 Å². The van der Waals surface area contributed by atoms with Crippen LogP contribution < -0.4 is 10.6 Å². The number of carbonyl (C=O) groups is 2. The molecule has 8 nitrogen and oxygen atoms in total. The summed E-state index contributed by atoms with van der Waals surface area (Å²) in [6, 6.07) is -1.47. The molecule has 4 rings (SSSR count). The Balaban J connectivity index is 1.74. The van der Waals surface area contributed by atoms with Crippen LogP contribution in [0.1, 0.15) is 71.8 Å². The number of halogens is 5. The largest absolute Gasteiger partial charge is 0.408 e. The first-order valence-electron chi connectivity index (χ1n) is 12.3. The lowest BCUT2D eigenvalue weighted by molar-refractivity contribution is -0.142. The molecule has 2 aromatic rings. The summed E-state index contributed by atoms with van der Waals surface area (Å²) < 4.78 is 73.3. The van der Waals surface area contributed by atoms with Crippen LogP contribution >= 0.6 is 11.3 Å². The van der Waals surface area contributed by atoms with E-state index in [9.17, 15) is 31.5 Å². The second-order valence-corrected chi connectivity index (χ2v) is 10.3. The standard InChI is InChI=1S/C24H28F5N5O3S/c1-3-16(24(27,28)29)32-17-9-14(20(25)26)15(10-30-17)19-18(23(36)34-7-4-5-12(34)2)33-22(38-19)21(35)31-13-6-8-37-11-13/h9-10,12-13,16,20H,3-8,11H2,1-2H3,(H,30,32)(H,31,35). The van der Waals surface area contributed by atoms with Gasteiger partial charge in [-0.05, 0) is 38.7 Å². The molecular formula is C24H28F5N5O3S. The monoisotopic (exact) mass is 561 g/mol. The number of amides is 2. The molecule has 0 saturated carbocycles. The third kappa shape index (κ3) is 6.06. The molecule has 2 aliphatic heterocycles. The van der Waals surface area contributed by atoms with E-state index >= 15 is 0 Å². The van der Waals surface area contributed by atoms with Crippen molar-refractivity contribution in [1.82, 2.24) is 20.2 Å². The average Bonchev–Trinajstić information content (AvgIpc) is 3.62. The lowest BCUT2D eigenvalue weighted by Crippen LogP contribution is -2.36. The molecule has 2 saturated heterocycles. The zero-order chi connectivity index (χ0) is 27.6. The molecule has 0 aliphatic carbocycles. The molecule has 3 atom stereocenters. The maximum absolute atomic E-state index is 14.2. The second-order valence-electron chi connectivity index (χ2n) is 9.32. The van der Waals surface area contributed by atoms with E-state index in [1.165, 1.54) is 6.92 Å². The number of likely N-dealkylation sites (tertiary alicyclic amines) is 1. The first-order chi connectivity index (χ1) is 18.0. The number of pyridine rings is 1. The summed E-state index contributed by atoms with van der Waals surface area (Å²) in [7, 11) is 0. The van der Waals surface area contributed by atoms with Crippen LogP contribution in [0.25, 0.3) is 10.4 Å². The van der Waals surface area contributed by atoms with Crippen LogP contribution in [-0.4, -0.2) is 70.7 Å². The second kappa shape index (κ2) is 11.5. The van der Waals surface area contributed by atoms with Crippen LogP contribution in [0.15, 0.2) is 12.3 Å². The Hall–Kier alpha value is -2.87. The predicted octanol–water partition coefficient (Wildman–Crippen LogP) is 5.04. The van der Waals surface area contributed by atoms with Crippen LogP contribution in [0, 0.1) is 0 Å². The number of nitrogens with one attached hydrogen (secondary N) is 2. The predicted molar refractivity (Wildman–Crippen MR) is 130 cm³/mol. The quantitative estimate of drug-likeness (QED) is 0.439. The highest BCUT2D eigenvalue weighted by molar-refractivity contribution is 7.17. The van der Waals surface area contributed by atoms with Crippen LogP contribution in [0.5, 0.6) is 0 Å². The van der Waals surface area contributed by atoms with Crippen molar-refractivity contribution in [3.63, 3.8) is 0 Å². The number of thiazole rings is 1. The Morgan fingerprint density at radius 1 is 1.29 bits per heavy atom. The number of ether oxygens (including phenoxy) is 1. The van der Waals surface area contributed by atoms with Gasteiger partial charge < -0.3 is 20.3 Å². The van der Waals surface area contributed by atoms with Gasteiger partial charge in [-0.3, -0.25) is 9.59 Å².